The van der Waals surface area contributed by atoms with E-state index >= 15 is 0 Å². The van der Waals surface area contributed by atoms with Gasteiger partial charge in [-0.05, 0) is 24.6 Å². The summed E-state index contributed by atoms with van der Waals surface area (Å²) >= 11 is 0. The second-order valence-corrected chi connectivity index (χ2v) is 5.46. The standard InChI is InChI=1S/C16H23F3N2O2.2ClH/c1-3-23-14-5-4-12(10-15(14)22-2)13(11-16(17,18)19)21-8-6-20-7-9-21;;/h4-5,10,13,20H,3,6-9,11H2,1-2H3;2*1H/t13-;;/m1../s1. The summed E-state index contributed by atoms with van der Waals surface area (Å²) in [5, 5.41) is 3.16. The van der Waals surface area contributed by atoms with Gasteiger partial charge in [-0.15, -0.1) is 24.8 Å². The van der Waals surface area contributed by atoms with Gasteiger partial charge in [0.15, 0.2) is 11.5 Å². The van der Waals surface area contributed by atoms with Crippen molar-refractivity contribution >= 4 is 24.8 Å². The fourth-order valence-corrected chi connectivity index (χ4v) is 2.84. The molecule has 4 nitrogen and oxygen atoms in total. The van der Waals surface area contributed by atoms with Crippen molar-refractivity contribution in [2.45, 2.75) is 25.6 Å². The van der Waals surface area contributed by atoms with E-state index in [-0.39, 0.29) is 24.8 Å². The summed E-state index contributed by atoms with van der Waals surface area (Å²) in [6, 6.07) is 4.33. The van der Waals surface area contributed by atoms with E-state index < -0.39 is 18.6 Å². The largest absolute Gasteiger partial charge is 0.493 e. The molecule has 9 heteroatoms. The SMILES string of the molecule is CCOc1ccc([C@@H](CC(F)(F)F)N2CCNCC2)cc1OC.Cl.Cl. The molecule has 1 aromatic rings. The van der Waals surface area contributed by atoms with E-state index in [1.165, 1.54) is 7.11 Å². The topological polar surface area (TPSA) is 33.7 Å². The third kappa shape index (κ3) is 7.09. The fourth-order valence-electron chi connectivity index (χ4n) is 2.84. The number of benzene rings is 1. The lowest BCUT2D eigenvalue weighted by molar-refractivity contribution is -0.148. The van der Waals surface area contributed by atoms with Crippen LogP contribution in [-0.2, 0) is 0 Å². The van der Waals surface area contributed by atoms with Gasteiger partial charge >= 0.3 is 6.18 Å². The van der Waals surface area contributed by atoms with Crippen molar-refractivity contribution in [3.63, 3.8) is 0 Å². The van der Waals surface area contributed by atoms with Crippen LogP contribution in [0.15, 0.2) is 18.2 Å². The van der Waals surface area contributed by atoms with E-state index in [1.54, 1.807) is 18.2 Å². The van der Waals surface area contributed by atoms with Gasteiger partial charge in [0.2, 0.25) is 0 Å². The van der Waals surface area contributed by atoms with Gasteiger partial charge in [0.25, 0.3) is 0 Å². The normalized spacial score (nSPS) is 16.4. The van der Waals surface area contributed by atoms with Crippen LogP contribution in [0.2, 0.25) is 0 Å². The van der Waals surface area contributed by atoms with E-state index in [9.17, 15) is 13.2 Å². The summed E-state index contributed by atoms with van der Waals surface area (Å²) in [6.07, 6.45) is -5.09. The van der Waals surface area contributed by atoms with E-state index in [0.29, 0.717) is 49.8 Å². The number of alkyl halides is 3. The lowest BCUT2D eigenvalue weighted by atomic mass is 10.00. The van der Waals surface area contributed by atoms with Crippen molar-refractivity contribution in [2.75, 3.05) is 39.9 Å². The van der Waals surface area contributed by atoms with Crippen LogP contribution >= 0.6 is 24.8 Å². The average molecular weight is 405 g/mol. The molecule has 1 heterocycles. The van der Waals surface area contributed by atoms with Crippen LogP contribution in [0.25, 0.3) is 0 Å². The highest BCUT2D eigenvalue weighted by Gasteiger charge is 2.36. The molecule has 0 spiro atoms. The summed E-state index contributed by atoms with van der Waals surface area (Å²) in [5.41, 5.74) is 0.601. The molecule has 0 unspecified atom stereocenters. The molecule has 0 bridgehead atoms. The van der Waals surface area contributed by atoms with Crippen molar-refractivity contribution in [3.05, 3.63) is 23.8 Å². The first-order chi connectivity index (χ1) is 10.9. The average Bonchev–Trinajstić information content (AvgIpc) is 2.53. The summed E-state index contributed by atoms with van der Waals surface area (Å²) in [4.78, 5) is 1.87. The summed E-state index contributed by atoms with van der Waals surface area (Å²) in [5.74, 6) is 1.01. The Labute approximate surface area is 158 Å². The Morgan fingerprint density at radius 2 is 1.80 bits per heavy atom. The molecule has 1 N–H and O–H groups in total. The Morgan fingerprint density at radius 1 is 1.16 bits per heavy atom. The minimum Gasteiger partial charge on any atom is -0.493 e. The highest BCUT2D eigenvalue weighted by Crippen LogP contribution is 2.37. The Morgan fingerprint density at radius 3 is 2.32 bits per heavy atom. The third-order valence-electron chi connectivity index (χ3n) is 3.89. The van der Waals surface area contributed by atoms with Gasteiger partial charge in [-0.3, -0.25) is 4.90 Å². The molecule has 1 aliphatic heterocycles. The zero-order chi connectivity index (χ0) is 16.9. The first-order valence-corrected chi connectivity index (χ1v) is 7.77. The first-order valence-electron chi connectivity index (χ1n) is 7.77. The Kier molecular flexibility index (Phi) is 10.6. The molecule has 1 aliphatic rings. The van der Waals surface area contributed by atoms with Gasteiger partial charge in [0.1, 0.15) is 0 Å². The number of methoxy groups -OCH3 is 1. The maximum Gasteiger partial charge on any atom is 0.390 e. The van der Waals surface area contributed by atoms with Gasteiger partial charge < -0.3 is 14.8 Å². The number of rotatable bonds is 6. The maximum atomic E-state index is 13.0. The molecule has 1 atom stereocenters. The second-order valence-electron chi connectivity index (χ2n) is 5.46. The van der Waals surface area contributed by atoms with Gasteiger partial charge in [-0.2, -0.15) is 13.2 Å². The quantitative estimate of drug-likeness (QED) is 0.780. The zero-order valence-corrected chi connectivity index (χ0v) is 15.9. The third-order valence-corrected chi connectivity index (χ3v) is 3.89. The second kappa shape index (κ2) is 11.0. The van der Waals surface area contributed by atoms with Crippen LogP contribution in [0.4, 0.5) is 13.2 Å². The predicted molar refractivity (Wildman–Crippen MR) is 96.5 cm³/mol. The molecule has 0 saturated carbocycles. The van der Waals surface area contributed by atoms with Crippen LogP contribution in [0.3, 0.4) is 0 Å². The van der Waals surface area contributed by atoms with E-state index in [2.05, 4.69) is 5.32 Å². The van der Waals surface area contributed by atoms with Gasteiger partial charge in [0, 0.05) is 32.2 Å². The van der Waals surface area contributed by atoms with Crippen LogP contribution in [0.1, 0.15) is 24.9 Å². The van der Waals surface area contributed by atoms with Gasteiger partial charge in [0.05, 0.1) is 20.1 Å². The number of hydrogen-bond donors (Lipinski definition) is 1. The molecule has 1 fully saturated rings. The van der Waals surface area contributed by atoms with Crippen LogP contribution in [0.5, 0.6) is 11.5 Å². The molecular formula is C16H25Cl2F3N2O2. The predicted octanol–water partition coefficient (Wildman–Crippen LogP) is 3.84. The summed E-state index contributed by atoms with van der Waals surface area (Å²) in [6.45, 7) is 4.90. The molecule has 0 aromatic heterocycles. The lowest BCUT2D eigenvalue weighted by Gasteiger charge is -2.35. The smallest absolute Gasteiger partial charge is 0.390 e. The minimum atomic E-state index is -4.22. The van der Waals surface area contributed by atoms with Crippen molar-refractivity contribution < 1.29 is 22.6 Å². The Bertz CT molecular complexity index is 513. The van der Waals surface area contributed by atoms with Crippen LogP contribution in [0, 0.1) is 0 Å². The van der Waals surface area contributed by atoms with Crippen molar-refractivity contribution in [3.8, 4) is 11.5 Å². The molecule has 0 amide bonds. The number of piperazine rings is 1. The number of halogens is 5. The number of ether oxygens (including phenoxy) is 2. The van der Waals surface area contributed by atoms with Gasteiger partial charge in [-0.1, -0.05) is 6.07 Å². The monoisotopic (exact) mass is 404 g/mol. The first kappa shape index (κ1) is 24.1. The molecule has 2 rings (SSSR count). The van der Waals surface area contributed by atoms with Crippen molar-refractivity contribution in [1.29, 1.82) is 0 Å². The Hall–Kier alpha value is -0.890. The molecular weight excluding hydrogens is 380 g/mol. The Balaban J connectivity index is 0.00000288. The molecule has 0 aliphatic carbocycles. The summed E-state index contributed by atoms with van der Waals surface area (Å²) in [7, 11) is 1.49. The van der Waals surface area contributed by atoms with Crippen molar-refractivity contribution in [1.82, 2.24) is 10.2 Å². The van der Waals surface area contributed by atoms with Gasteiger partial charge in [-0.25, -0.2) is 0 Å². The van der Waals surface area contributed by atoms with Crippen molar-refractivity contribution in [2.24, 2.45) is 0 Å². The van der Waals surface area contributed by atoms with Crippen LogP contribution in [-0.4, -0.2) is 51.0 Å². The maximum absolute atomic E-state index is 13.0. The number of nitrogens with one attached hydrogen (secondary N) is 1. The molecule has 146 valence electrons. The highest BCUT2D eigenvalue weighted by molar-refractivity contribution is 5.85. The lowest BCUT2D eigenvalue weighted by Crippen LogP contribution is -2.46. The van der Waals surface area contributed by atoms with E-state index in [4.69, 9.17) is 9.47 Å². The number of hydrogen-bond acceptors (Lipinski definition) is 4. The zero-order valence-electron chi connectivity index (χ0n) is 14.3. The number of nitrogens with zero attached hydrogens (tertiary/aromatic N) is 1. The summed E-state index contributed by atoms with van der Waals surface area (Å²) < 4.78 is 49.8. The molecule has 25 heavy (non-hydrogen) atoms. The molecule has 1 saturated heterocycles. The fraction of sp³-hybridized carbons (Fsp3) is 0.625. The highest BCUT2D eigenvalue weighted by atomic mass is 35.5. The van der Waals surface area contributed by atoms with E-state index in [1.807, 2.05) is 11.8 Å². The van der Waals surface area contributed by atoms with Crippen LogP contribution < -0.4 is 14.8 Å². The molecule has 0 radical (unpaired) electrons. The minimum absolute atomic E-state index is 0. The molecule has 1 aromatic carbocycles. The van der Waals surface area contributed by atoms with E-state index in [0.717, 1.165) is 0 Å².